The van der Waals surface area contributed by atoms with E-state index in [-0.39, 0.29) is 4.90 Å². The number of rotatable bonds is 8. The maximum atomic E-state index is 12.1. The fourth-order valence-corrected chi connectivity index (χ4v) is 3.64. The summed E-state index contributed by atoms with van der Waals surface area (Å²) in [5.41, 5.74) is 3.27. The molecule has 0 atom stereocenters. The Morgan fingerprint density at radius 3 is 2.31 bits per heavy atom. The monoisotopic (exact) mass is 418 g/mol. The summed E-state index contributed by atoms with van der Waals surface area (Å²) < 4.78 is 30.8. The van der Waals surface area contributed by atoms with E-state index in [1.54, 1.807) is 38.4 Å². The predicted octanol–water partition coefficient (Wildman–Crippen LogP) is 2.16. The van der Waals surface area contributed by atoms with Crippen LogP contribution in [0, 0.1) is 6.92 Å². The Bertz CT molecular complexity index is 939. The van der Waals surface area contributed by atoms with Crippen molar-refractivity contribution in [1.82, 2.24) is 14.9 Å². The highest BCUT2D eigenvalue weighted by Crippen LogP contribution is 2.19. The zero-order valence-corrected chi connectivity index (χ0v) is 18.5. The number of hydrogen-bond donors (Lipinski definition) is 2. The lowest BCUT2D eigenvalue weighted by molar-refractivity contribution is 0.411. The van der Waals surface area contributed by atoms with Crippen LogP contribution in [0.5, 0.6) is 5.75 Å². The van der Waals surface area contributed by atoms with Crippen molar-refractivity contribution >= 4 is 16.0 Å². The summed E-state index contributed by atoms with van der Waals surface area (Å²) in [6.45, 7) is 3.29. The second kappa shape index (κ2) is 10.3. The zero-order valence-electron chi connectivity index (χ0n) is 17.7. The van der Waals surface area contributed by atoms with Crippen LogP contribution in [0.1, 0.15) is 16.7 Å². The first-order valence-corrected chi connectivity index (χ1v) is 10.8. The standard InChI is InChI=1S/C21H30N4O3S/c1-16-6-7-17(14-20(16)28-5)12-13-23-21(22-2)24-15-18-8-10-19(11-9-18)29(26,27)25(3)4/h6-11,14H,12-13,15H2,1-5H3,(H2,22,23,24). The summed E-state index contributed by atoms with van der Waals surface area (Å²) in [7, 11) is 3.03. The molecule has 0 heterocycles. The average Bonchev–Trinajstić information content (AvgIpc) is 2.71. The van der Waals surface area contributed by atoms with Gasteiger partial charge in [-0.15, -0.1) is 0 Å². The van der Waals surface area contributed by atoms with Gasteiger partial charge in [-0.3, -0.25) is 4.99 Å². The van der Waals surface area contributed by atoms with Gasteiger partial charge in [0, 0.05) is 34.2 Å². The Hall–Kier alpha value is -2.58. The van der Waals surface area contributed by atoms with E-state index >= 15 is 0 Å². The minimum Gasteiger partial charge on any atom is -0.496 e. The second-order valence-corrected chi connectivity index (χ2v) is 8.99. The molecule has 2 rings (SSSR count). The van der Waals surface area contributed by atoms with Crippen molar-refractivity contribution in [3.8, 4) is 5.75 Å². The summed E-state index contributed by atoms with van der Waals surface area (Å²) in [6, 6.07) is 13.0. The van der Waals surface area contributed by atoms with Crippen LogP contribution in [0.3, 0.4) is 0 Å². The van der Waals surface area contributed by atoms with Crippen LogP contribution in [0.25, 0.3) is 0 Å². The normalized spacial score (nSPS) is 12.1. The first-order chi connectivity index (χ1) is 13.8. The third-order valence-corrected chi connectivity index (χ3v) is 6.39. The number of nitrogens with zero attached hydrogens (tertiary/aromatic N) is 2. The molecule has 29 heavy (non-hydrogen) atoms. The third-order valence-electron chi connectivity index (χ3n) is 4.56. The van der Waals surface area contributed by atoms with E-state index in [0.717, 1.165) is 29.8 Å². The van der Waals surface area contributed by atoms with Gasteiger partial charge in [-0.2, -0.15) is 0 Å². The molecule has 0 spiro atoms. The molecular weight excluding hydrogens is 388 g/mol. The number of aryl methyl sites for hydroxylation is 1. The molecule has 0 aromatic heterocycles. The van der Waals surface area contributed by atoms with Crippen molar-refractivity contribution in [2.24, 2.45) is 4.99 Å². The number of benzene rings is 2. The third kappa shape index (κ3) is 6.20. The molecule has 8 heteroatoms. The first-order valence-electron chi connectivity index (χ1n) is 9.37. The van der Waals surface area contributed by atoms with E-state index in [0.29, 0.717) is 12.5 Å². The lowest BCUT2D eigenvalue weighted by Crippen LogP contribution is -2.37. The van der Waals surface area contributed by atoms with Crippen molar-refractivity contribution < 1.29 is 13.2 Å². The van der Waals surface area contributed by atoms with Gasteiger partial charge in [0.05, 0.1) is 12.0 Å². The summed E-state index contributed by atoms with van der Waals surface area (Å²) in [5, 5.41) is 6.53. The topological polar surface area (TPSA) is 83.0 Å². The largest absolute Gasteiger partial charge is 0.496 e. The maximum absolute atomic E-state index is 12.1. The van der Waals surface area contributed by atoms with Gasteiger partial charge in [0.2, 0.25) is 10.0 Å². The van der Waals surface area contributed by atoms with E-state index in [2.05, 4.69) is 33.8 Å². The van der Waals surface area contributed by atoms with Gasteiger partial charge in [0.25, 0.3) is 0 Å². The molecule has 0 unspecified atom stereocenters. The number of methoxy groups -OCH3 is 1. The van der Waals surface area contributed by atoms with E-state index in [4.69, 9.17) is 4.74 Å². The van der Waals surface area contributed by atoms with Crippen LogP contribution >= 0.6 is 0 Å². The molecule has 0 radical (unpaired) electrons. The Morgan fingerprint density at radius 1 is 1.07 bits per heavy atom. The number of nitrogens with one attached hydrogen (secondary N) is 2. The Morgan fingerprint density at radius 2 is 1.72 bits per heavy atom. The SMILES string of the molecule is CN=C(NCCc1ccc(C)c(OC)c1)NCc1ccc(S(=O)(=O)N(C)C)cc1. The van der Waals surface area contributed by atoms with Gasteiger partial charge in [-0.25, -0.2) is 12.7 Å². The van der Waals surface area contributed by atoms with Crippen LogP contribution < -0.4 is 15.4 Å². The molecule has 0 aliphatic heterocycles. The Labute approximate surface area is 173 Å². The molecule has 7 nitrogen and oxygen atoms in total. The molecule has 2 aromatic rings. The van der Waals surface area contributed by atoms with Crippen LogP contribution in [-0.4, -0.2) is 53.5 Å². The first kappa shape index (κ1) is 22.7. The van der Waals surface area contributed by atoms with Crippen molar-refractivity contribution in [2.45, 2.75) is 24.8 Å². The van der Waals surface area contributed by atoms with Crippen LogP contribution in [0.4, 0.5) is 0 Å². The molecule has 0 aliphatic carbocycles. The number of guanidine groups is 1. The number of ether oxygens (including phenoxy) is 1. The van der Waals surface area contributed by atoms with E-state index in [1.807, 2.05) is 6.92 Å². The number of hydrogen-bond acceptors (Lipinski definition) is 4. The number of sulfonamides is 1. The van der Waals surface area contributed by atoms with Gasteiger partial charge < -0.3 is 15.4 Å². The zero-order chi connectivity index (χ0) is 21.4. The van der Waals surface area contributed by atoms with E-state index in [1.165, 1.54) is 24.0 Å². The molecule has 0 fully saturated rings. The van der Waals surface area contributed by atoms with Gasteiger partial charge in [-0.1, -0.05) is 24.3 Å². The molecule has 0 amide bonds. The van der Waals surface area contributed by atoms with Gasteiger partial charge in [0.15, 0.2) is 5.96 Å². The van der Waals surface area contributed by atoms with Crippen molar-refractivity contribution in [1.29, 1.82) is 0 Å². The van der Waals surface area contributed by atoms with Crippen molar-refractivity contribution in [3.05, 3.63) is 59.2 Å². The molecule has 2 N–H and O–H groups in total. The molecule has 0 saturated heterocycles. The second-order valence-electron chi connectivity index (χ2n) is 6.84. The van der Waals surface area contributed by atoms with Gasteiger partial charge in [-0.05, 0) is 48.2 Å². The minimum atomic E-state index is -3.41. The Kier molecular flexibility index (Phi) is 8.04. The molecule has 2 aromatic carbocycles. The van der Waals surface area contributed by atoms with E-state index in [9.17, 15) is 8.42 Å². The number of aliphatic imine (C=N–C) groups is 1. The fraction of sp³-hybridized carbons (Fsp3) is 0.381. The highest BCUT2D eigenvalue weighted by Gasteiger charge is 2.16. The molecule has 0 saturated carbocycles. The van der Waals surface area contributed by atoms with E-state index < -0.39 is 10.0 Å². The molecule has 0 aliphatic rings. The molecule has 158 valence electrons. The Balaban J connectivity index is 1.86. The van der Waals surface area contributed by atoms with Crippen LogP contribution in [-0.2, 0) is 23.0 Å². The summed E-state index contributed by atoms with van der Waals surface area (Å²) in [4.78, 5) is 4.51. The highest BCUT2D eigenvalue weighted by molar-refractivity contribution is 7.89. The fourth-order valence-electron chi connectivity index (χ4n) is 2.74. The molecule has 0 bridgehead atoms. The van der Waals surface area contributed by atoms with Crippen LogP contribution in [0.15, 0.2) is 52.4 Å². The smallest absolute Gasteiger partial charge is 0.242 e. The summed E-state index contributed by atoms with van der Waals surface area (Å²) in [5.74, 6) is 1.58. The minimum absolute atomic E-state index is 0.280. The quantitative estimate of drug-likeness (QED) is 0.507. The van der Waals surface area contributed by atoms with Crippen molar-refractivity contribution in [2.75, 3.05) is 34.8 Å². The van der Waals surface area contributed by atoms with Gasteiger partial charge in [0.1, 0.15) is 5.75 Å². The van der Waals surface area contributed by atoms with Crippen LogP contribution in [0.2, 0.25) is 0 Å². The average molecular weight is 419 g/mol. The highest BCUT2D eigenvalue weighted by atomic mass is 32.2. The molecular formula is C21H30N4O3S. The lowest BCUT2D eigenvalue weighted by Gasteiger charge is -2.14. The van der Waals surface area contributed by atoms with Gasteiger partial charge >= 0.3 is 0 Å². The maximum Gasteiger partial charge on any atom is 0.242 e. The predicted molar refractivity (Wildman–Crippen MR) is 117 cm³/mol. The van der Waals surface area contributed by atoms with Crippen molar-refractivity contribution in [3.63, 3.8) is 0 Å². The summed E-state index contributed by atoms with van der Waals surface area (Å²) >= 11 is 0. The summed E-state index contributed by atoms with van der Waals surface area (Å²) in [6.07, 6.45) is 0.842. The lowest BCUT2D eigenvalue weighted by atomic mass is 10.1.